The highest BCUT2D eigenvalue weighted by Crippen LogP contribution is 2.30. The highest BCUT2D eigenvalue weighted by atomic mass is 35.5. The molecule has 0 saturated heterocycles. The van der Waals surface area contributed by atoms with Gasteiger partial charge in [-0.05, 0) is 36.6 Å². The van der Waals surface area contributed by atoms with Gasteiger partial charge >= 0.3 is 0 Å². The van der Waals surface area contributed by atoms with Crippen LogP contribution < -0.4 is 27.2 Å². The van der Waals surface area contributed by atoms with Gasteiger partial charge in [0.15, 0.2) is 11.5 Å². The molecule has 4 heteroatoms. The molecule has 3 nitrogen and oxygen atoms in total. The molecule has 0 fully saturated rings. The summed E-state index contributed by atoms with van der Waals surface area (Å²) in [6.07, 6.45) is 1.21. The second kappa shape index (κ2) is 7.49. The summed E-state index contributed by atoms with van der Waals surface area (Å²) in [5, 5.41) is 3.44. The fourth-order valence-electron chi connectivity index (χ4n) is 1.82. The molecule has 18 heavy (non-hydrogen) atoms. The minimum absolute atomic E-state index is 0. The van der Waals surface area contributed by atoms with Gasteiger partial charge in [-0.2, -0.15) is 0 Å². The number of hydrogen-bond acceptors (Lipinski definition) is 3. The summed E-state index contributed by atoms with van der Waals surface area (Å²) in [6.45, 7) is 7.74. The number of halogens is 1. The lowest BCUT2D eigenvalue weighted by Gasteiger charge is -2.19. The number of hydrogen-bond donors (Lipinski definition) is 1. The van der Waals surface area contributed by atoms with Crippen molar-refractivity contribution in [3.05, 3.63) is 23.8 Å². The van der Waals surface area contributed by atoms with Gasteiger partial charge in [-0.1, -0.05) is 19.9 Å². The van der Waals surface area contributed by atoms with Crippen molar-refractivity contribution in [1.82, 2.24) is 5.32 Å². The predicted molar refractivity (Wildman–Crippen MR) is 68.6 cm³/mol. The zero-order valence-electron chi connectivity index (χ0n) is 11.0. The van der Waals surface area contributed by atoms with E-state index in [1.807, 2.05) is 6.07 Å². The second-order valence-corrected chi connectivity index (χ2v) is 4.84. The molecule has 1 aliphatic heterocycles. The van der Waals surface area contributed by atoms with E-state index in [-0.39, 0.29) is 12.4 Å². The van der Waals surface area contributed by atoms with Crippen LogP contribution in [0.4, 0.5) is 0 Å². The number of fused-ring (bicyclic) bond motifs is 1. The summed E-state index contributed by atoms with van der Waals surface area (Å²) < 4.78 is 11.0. The highest BCUT2D eigenvalue weighted by Gasteiger charge is 2.11. The van der Waals surface area contributed by atoms with E-state index in [0.29, 0.717) is 13.2 Å². The van der Waals surface area contributed by atoms with E-state index in [9.17, 15) is 0 Å². The van der Waals surface area contributed by atoms with E-state index in [2.05, 4.69) is 31.3 Å². The SMILES string of the molecule is CC(C)CCNCc1ccc2c(c1)OCCO2.[Cl-]. The normalized spacial score (nSPS) is 13.3. The zero-order valence-corrected chi connectivity index (χ0v) is 11.8. The lowest BCUT2D eigenvalue weighted by atomic mass is 10.1. The highest BCUT2D eigenvalue weighted by molar-refractivity contribution is 5.43. The van der Waals surface area contributed by atoms with Crippen molar-refractivity contribution in [2.75, 3.05) is 19.8 Å². The molecule has 2 rings (SSSR count). The van der Waals surface area contributed by atoms with Gasteiger partial charge < -0.3 is 27.2 Å². The Bertz CT molecular complexity index is 369. The van der Waals surface area contributed by atoms with E-state index in [4.69, 9.17) is 9.47 Å². The topological polar surface area (TPSA) is 30.5 Å². The molecule has 1 heterocycles. The summed E-state index contributed by atoms with van der Waals surface area (Å²) in [7, 11) is 0. The van der Waals surface area contributed by atoms with E-state index in [0.717, 1.165) is 30.5 Å². The molecule has 0 spiro atoms. The third kappa shape index (κ3) is 4.39. The Balaban J connectivity index is 0.00000162. The number of benzene rings is 1. The van der Waals surface area contributed by atoms with Crippen molar-refractivity contribution in [2.45, 2.75) is 26.8 Å². The van der Waals surface area contributed by atoms with Gasteiger partial charge in [0.05, 0.1) is 0 Å². The van der Waals surface area contributed by atoms with Gasteiger partial charge in [-0.25, -0.2) is 0 Å². The first kappa shape index (κ1) is 15.1. The summed E-state index contributed by atoms with van der Waals surface area (Å²) in [5.41, 5.74) is 1.25. The van der Waals surface area contributed by atoms with Crippen LogP contribution in [-0.4, -0.2) is 19.8 Å². The number of ether oxygens (including phenoxy) is 2. The molecule has 0 radical (unpaired) electrons. The van der Waals surface area contributed by atoms with E-state index >= 15 is 0 Å². The molecule has 0 saturated carbocycles. The molecular formula is C14H21ClNO2-. The van der Waals surface area contributed by atoms with E-state index in [1.54, 1.807) is 0 Å². The maximum atomic E-state index is 5.56. The first-order valence-corrected chi connectivity index (χ1v) is 6.35. The van der Waals surface area contributed by atoms with Gasteiger partial charge in [0.1, 0.15) is 13.2 Å². The van der Waals surface area contributed by atoms with Crippen LogP contribution in [0.5, 0.6) is 11.5 Å². The molecule has 0 amide bonds. The molecule has 1 N–H and O–H groups in total. The van der Waals surface area contributed by atoms with Crippen molar-refractivity contribution in [3.63, 3.8) is 0 Å². The maximum absolute atomic E-state index is 5.56. The van der Waals surface area contributed by atoms with Gasteiger partial charge in [0.25, 0.3) is 0 Å². The third-order valence-electron chi connectivity index (χ3n) is 2.83. The van der Waals surface area contributed by atoms with Crippen LogP contribution in [-0.2, 0) is 6.54 Å². The molecule has 0 unspecified atom stereocenters. The Morgan fingerprint density at radius 2 is 1.89 bits per heavy atom. The molecule has 1 aromatic carbocycles. The summed E-state index contributed by atoms with van der Waals surface area (Å²) in [6, 6.07) is 6.15. The Hall–Kier alpha value is -0.930. The Morgan fingerprint density at radius 1 is 1.17 bits per heavy atom. The minimum Gasteiger partial charge on any atom is -1.00 e. The average molecular weight is 271 g/mol. The first-order chi connectivity index (χ1) is 8.25. The largest absolute Gasteiger partial charge is 1.00 e. The lowest BCUT2D eigenvalue weighted by molar-refractivity contribution is -0.00000436. The van der Waals surface area contributed by atoms with Gasteiger partial charge in [-0.15, -0.1) is 0 Å². The predicted octanol–water partition coefficient (Wildman–Crippen LogP) is -0.402. The van der Waals surface area contributed by atoms with Crippen molar-refractivity contribution in [2.24, 2.45) is 5.92 Å². The van der Waals surface area contributed by atoms with E-state index in [1.165, 1.54) is 12.0 Å². The fourth-order valence-corrected chi connectivity index (χ4v) is 1.82. The monoisotopic (exact) mass is 270 g/mol. The van der Waals surface area contributed by atoms with Crippen molar-refractivity contribution in [3.8, 4) is 11.5 Å². The van der Waals surface area contributed by atoms with Crippen LogP contribution in [0.25, 0.3) is 0 Å². The van der Waals surface area contributed by atoms with Crippen LogP contribution in [0.15, 0.2) is 18.2 Å². The molecular weight excluding hydrogens is 250 g/mol. The molecule has 0 aromatic heterocycles. The Kier molecular flexibility index (Phi) is 6.30. The summed E-state index contributed by atoms with van der Waals surface area (Å²) >= 11 is 0. The second-order valence-electron chi connectivity index (χ2n) is 4.84. The Morgan fingerprint density at radius 3 is 2.61 bits per heavy atom. The van der Waals surface area contributed by atoms with Crippen LogP contribution in [0.3, 0.4) is 0 Å². The van der Waals surface area contributed by atoms with Gasteiger partial charge in [0.2, 0.25) is 0 Å². The lowest BCUT2D eigenvalue weighted by Crippen LogP contribution is -3.00. The molecule has 0 bridgehead atoms. The number of nitrogens with one attached hydrogen (secondary N) is 1. The zero-order chi connectivity index (χ0) is 12.1. The van der Waals surface area contributed by atoms with Gasteiger partial charge in [-0.3, -0.25) is 0 Å². The quantitative estimate of drug-likeness (QED) is 0.739. The van der Waals surface area contributed by atoms with Crippen molar-refractivity contribution >= 4 is 0 Å². The summed E-state index contributed by atoms with van der Waals surface area (Å²) in [4.78, 5) is 0. The molecule has 102 valence electrons. The maximum Gasteiger partial charge on any atom is 0.161 e. The van der Waals surface area contributed by atoms with Crippen LogP contribution in [0, 0.1) is 5.92 Å². The standard InChI is InChI=1S/C14H21NO2.ClH/c1-11(2)5-6-15-10-12-3-4-13-14(9-12)17-8-7-16-13;/h3-4,9,11,15H,5-8,10H2,1-2H3;1H/p-1. The van der Waals surface area contributed by atoms with Crippen LogP contribution in [0.1, 0.15) is 25.8 Å². The fraction of sp³-hybridized carbons (Fsp3) is 0.571. The van der Waals surface area contributed by atoms with Crippen LogP contribution in [0.2, 0.25) is 0 Å². The molecule has 1 aromatic rings. The Labute approximate surface area is 115 Å². The third-order valence-corrected chi connectivity index (χ3v) is 2.83. The molecule has 0 aliphatic carbocycles. The van der Waals surface area contributed by atoms with Crippen molar-refractivity contribution in [1.29, 1.82) is 0 Å². The summed E-state index contributed by atoms with van der Waals surface area (Å²) in [5.74, 6) is 2.49. The molecule has 1 aliphatic rings. The van der Waals surface area contributed by atoms with Gasteiger partial charge in [0, 0.05) is 6.54 Å². The average Bonchev–Trinajstić information content (AvgIpc) is 2.34. The minimum atomic E-state index is 0. The molecule has 0 atom stereocenters. The van der Waals surface area contributed by atoms with Crippen LogP contribution >= 0.6 is 0 Å². The first-order valence-electron chi connectivity index (χ1n) is 6.35. The van der Waals surface area contributed by atoms with E-state index < -0.39 is 0 Å². The van der Waals surface area contributed by atoms with Crippen molar-refractivity contribution < 1.29 is 21.9 Å². The smallest absolute Gasteiger partial charge is 0.161 e. The number of rotatable bonds is 5.